The summed E-state index contributed by atoms with van der Waals surface area (Å²) < 4.78 is 0. The maximum absolute atomic E-state index is 12.2. The highest BCUT2D eigenvalue weighted by Crippen LogP contribution is 2.12. The van der Waals surface area contributed by atoms with E-state index in [2.05, 4.69) is 13.2 Å². The number of amides is 1. The van der Waals surface area contributed by atoms with Gasteiger partial charge in [-0.2, -0.15) is 11.8 Å². The van der Waals surface area contributed by atoms with Crippen LogP contribution >= 0.6 is 11.8 Å². The minimum atomic E-state index is 0.220. The van der Waals surface area contributed by atoms with Crippen molar-refractivity contribution in [2.75, 3.05) is 24.8 Å². The third-order valence-electron chi connectivity index (χ3n) is 3.38. The Labute approximate surface area is 120 Å². The van der Waals surface area contributed by atoms with Crippen LogP contribution < -0.4 is 5.73 Å². The monoisotopic (exact) mass is 280 g/mol. The molecule has 0 saturated carbocycles. The maximum atomic E-state index is 12.2. The van der Waals surface area contributed by atoms with Gasteiger partial charge in [-0.1, -0.05) is 19.1 Å². The molecule has 0 aromatic heterocycles. The molecule has 0 bridgehead atoms. The fraction of sp³-hybridized carbons (Fsp3) is 0.533. The second-order valence-electron chi connectivity index (χ2n) is 4.76. The fourth-order valence-corrected chi connectivity index (χ4v) is 2.86. The Hall–Kier alpha value is -1.16. The summed E-state index contributed by atoms with van der Waals surface area (Å²) in [4.78, 5) is 14.0. The molecule has 1 atom stereocenters. The van der Waals surface area contributed by atoms with Crippen molar-refractivity contribution in [2.45, 2.75) is 32.2 Å². The smallest absolute Gasteiger partial charge is 0.222 e. The first-order chi connectivity index (χ1) is 9.08. The van der Waals surface area contributed by atoms with E-state index in [9.17, 15) is 4.79 Å². The largest absolute Gasteiger partial charge is 0.399 e. The third-order valence-corrected chi connectivity index (χ3v) is 4.10. The Bertz CT molecular complexity index is 392. The molecule has 1 unspecified atom stereocenters. The van der Waals surface area contributed by atoms with Crippen molar-refractivity contribution in [3.63, 3.8) is 0 Å². The second-order valence-corrected chi connectivity index (χ2v) is 5.67. The van der Waals surface area contributed by atoms with Crippen LogP contribution in [0.5, 0.6) is 0 Å². The molecular formula is C15H24N2OS. The van der Waals surface area contributed by atoms with Crippen LogP contribution in [0.1, 0.15) is 25.3 Å². The summed E-state index contributed by atoms with van der Waals surface area (Å²) >= 11 is 1.79. The van der Waals surface area contributed by atoms with Crippen LogP contribution in [-0.2, 0) is 11.2 Å². The summed E-state index contributed by atoms with van der Waals surface area (Å²) in [5.74, 6) is 1.22. The maximum Gasteiger partial charge on any atom is 0.222 e. The molecule has 3 nitrogen and oxygen atoms in total. The van der Waals surface area contributed by atoms with Gasteiger partial charge in [0.15, 0.2) is 0 Å². The van der Waals surface area contributed by atoms with Crippen LogP contribution in [-0.4, -0.2) is 35.9 Å². The number of benzene rings is 1. The van der Waals surface area contributed by atoms with E-state index in [4.69, 9.17) is 5.73 Å². The molecule has 1 aromatic rings. The number of anilines is 1. The summed E-state index contributed by atoms with van der Waals surface area (Å²) in [6.07, 6.45) is 4.42. The molecule has 0 aliphatic heterocycles. The Balaban J connectivity index is 2.47. The minimum absolute atomic E-state index is 0.220. The number of thioether (sulfide) groups is 1. The molecule has 1 amide bonds. The van der Waals surface area contributed by atoms with Gasteiger partial charge in [-0.15, -0.1) is 0 Å². The molecule has 1 aromatic carbocycles. The number of nitrogens with zero attached hydrogens (tertiary/aromatic N) is 1. The van der Waals surface area contributed by atoms with Gasteiger partial charge in [-0.05, 0) is 36.8 Å². The number of nitrogen functional groups attached to an aromatic ring is 1. The van der Waals surface area contributed by atoms with E-state index in [1.807, 2.05) is 36.2 Å². The fourth-order valence-electron chi connectivity index (χ4n) is 2.01. The summed E-state index contributed by atoms with van der Waals surface area (Å²) in [5.41, 5.74) is 7.57. The van der Waals surface area contributed by atoms with Gasteiger partial charge in [-0.25, -0.2) is 0 Å². The van der Waals surface area contributed by atoms with Crippen LogP contribution in [0.3, 0.4) is 0 Å². The van der Waals surface area contributed by atoms with E-state index in [0.29, 0.717) is 12.5 Å². The normalized spacial score (nSPS) is 12.2. The van der Waals surface area contributed by atoms with Crippen molar-refractivity contribution in [3.8, 4) is 0 Å². The zero-order valence-electron chi connectivity index (χ0n) is 12.1. The number of carbonyl (C=O) groups excluding carboxylic acids is 1. The molecule has 0 radical (unpaired) electrons. The predicted octanol–water partition coefficient (Wildman–Crippen LogP) is 2.80. The van der Waals surface area contributed by atoms with Crippen molar-refractivity contribution in [1.82, 2.24) is 4.90 Å². The van der Waals surface area contributed by atoms with E-state index < -0.39 is 0 Å². The molecule has 106 valence electrons. The zero-order chi connectivity index (χ0) is 14.3. The molecule has 0 saturated heterocycles. The summed E-state index contributed by atoms with van der Waals surface area (Å²) in [7, 11) is 1.91. The number of hydrogen-bond donors (Lipinski definition) is 1. The van der Waals surface area contributed by atoms with Crippen molar-refractivity contribution in [3.05, 3.63) is 29.8 Å². The van der Waals surface area contributed by atoms with E-state index in [-0.39, 0.29) is 5.91 Å². The van der Waals surface area contributed by atoms with Crippen LogP contribution in [0.2, 0.25) is 0 Å². The standard InChI is InChI=1S/C15H24N2OS/c1-4-14(11-19-3)17(2)15(18)10-7-12-5-8-13(16)9-6-12/h5-6,8-9,14H,4,7,10-11,16H2,1-3H3. The van der Waals surface area contributed by atoms with Gasteiger partial charge in [-0.3, -0.25) is 4.79 Å². The molecule has 19 heavy (non-hydrogen) atoms. The zero-order valence-corrected chi connectivity index (χ0v) is 12.9. The quantitative estimate of drug-likeness (QED) is 0.781. The number of hydrogen-bond acceptors (Lipinski definition) is 3. The Morgan fingerprint density at radius 1 is 1.37 bits per heavy atom. The molecular weight excluding hydrogens is 256 g/mol. The van der Waals surface area contributed by atoms with Crippen LogP contribution in [0, 0.1) is 0 Å². The molecule has 0 heterocycles. The molecule has 1 rings (SSSR count). The highest BCUT2D eigenvalue weighted by Gasteiger charge is 2.17. The molecule has 0 aliphatic rings. The molecule has 0 spiro atoms. The lowest BCUT2D eigenvalue weighted by Gasteiger charge is -2.26. The summed E-state index contributed by atoms with van der Waals surface area (Å²) in [6.45, 7) is 2.13. The lowest BCUT2D eigenvalue weighted by molar-refractivity contribution is -0.131. The van der Waals surface area contributed by atoms with E-state index in [0.717, 1.165) is 29.8 Å². The first-order valence-electron chi connectivity index (χ1n) is 6.67. The third kappa shape index (κ3) is 5.15. The van der Waals surface area contributed by atoms with E-state index in [1.54, 1.807) is 11.8 Å². The lowest BCUT2D eigenvalue weighted by Crippen LogP contribution is -2.38. The van der Waals surface area contributed by atoms with Gasteiger partial charge in [0.25, 0.3) is 0 Å². The van der Waals surface area contributed by atoms with Crippen molar-refractivity contribution in [1.29, 1.82) is 0 Å². The van der Waals surface area contributed by atoms with Crippen molar-refractivity contribution in [2.24, 2.45) is 0 Å². The molecule has 0 fully saturated rings. The van der Waals surface area contributed by atoms with Crippen LogP contribution in [0.25, 0.3) is 0 Å². The number of carbonyl (C=O) groups is 1. The van der Waals surface area contributed by atoms with Gasteiger partial charge in [0.1, 0.15) is 0 Å². The molecule has 2 N–H and O–H groups in total. The van der Waals surface area contributed by atoms with E-state index >= 15 is 0 Å². The molecule has 0 aliphatic carbocycles. The predicted molar refractivity (Wildman–Crippen MR) is 84.4 cm³/mol. The van der Waals surface area contributed by atoms with Gasteiger partial charge >= 0.3 is 0 Å². The topological polar surface area (TPSA) is 46.3 Å². The van der Waals surface area contributed by atoms with Gasteiger partial charge in [0, 0.05) is 31.0 Å². The molecule has 4 heteroatoms. The Morgan fingerprint density at radius 3 is 2.53 bits per heavy atom. The van der Waals surface area contributed by atoms with Crippen LogP contribution in [0.15, 0.2) is 24.3 Å². The number of rotatable bonds is 7. The number of aryl methyl sites for hydroxylation is 1. The Kier molecular flexibility index (Phi) is 6.78. The van der Waals surface area contributed by atoms with Gasteiger partial charge < -0.3 is 10.6 Å². The average molecular weight is 280 g/mol. The highest BCUT2D eigenvalue weighted by atomic mass is 32.2. The summed E-state index contributed by atoms with van der Waals surface area (Å²) in [5, 5.41) is 0. The Morgan fingerprint density at radius 2 is 2.00 bits per heavy atom. The highest BCUT2D eigenvalue weighted by molar-refractivity contribution is 7.98. The minimum Gasteiger partial charge on any atom is -0.399 e. The second kappa shape index (κ2) is 8.10. The van der Waals surface area contributed by atoms with Crippen LogP contribution in [0.4, 0.5) is 5.69 Å². The summed E-state index contributed by atoms with van der Waals surface area (Å²) in [6, 6.07) is 8.08. The van der Waals surface area contributed by atoms with Gasteiger partial charge in [0.05, 0.1) is 0 Å². The van der Waals surface area contributed by atoms with E-state index in [1.165, 1.54) is 0 Å². The SMILES string of the molecule is CCC(CSC)N(C)C(=O)CCc1ccc(N)cc1. The number of nitrogens with two attached hydrogens (primary N) is 1. The van der Waals surface area contributed by atoms with Crippen molar-refractivity contribution >= 4 is 23.4 Å². The average Bonchev–Trinajstić information content (AvgIpc) is 2.43. The van der Waals surface area contributed by atoms with Gasteiger partial charge in [0.2, 0.25) is 5.91 Å². The lowest BCUT2D eigenvalue weighted by atomic mass is 10.1. The van der Waals surface area contributed by atoms with Crippen molar-refractivity contribution < 1.29 is 4.79 Å². The first-order valence-corrected chi connectivity index (χ1v) is 8.06. The first kappa shape index (κ1) is 15.9.